The summed E-state index contributed by atoms with van der Waals surface area (Å²) in [7, 11) is 2.32. The molecule has 3 rings (SSSR count). The highest BCUT2D eigenvalue weighted by molar-refractivity contribution is 4.96. The van der Waals surface area contributed by atoms with Gasteiger partial charge in [-0.2, -0.15) is 0 Å². The number of hydrogen-bond donors (Lipinski definition) is 1. The molecule has 2 bridgehead atoms. The van der Waals surface area contributed by atoms with Gasteiger partial charge < -0.3 is 10.2 Å². The van der Waals surface area contributed by atoms with Crippen LogP contribution in [0.3, 0.4) is 0 Å². The standard InChI is InChI=1S/C13H24N2/c1-15-12-4-5-13(15)9-11(8-12)14-7-6-10-2-3-10/h10-14H,2-9H2,1H3. The molecule has 3 fully saturated rings. The molecule has 1 saturated carbocycles. The van der Waals surface area contributed by atoms with E-state index < -0.39 is 0 Å². The second kappa shape index (κ2) is 4.06. The Morgan fingerprint density at radius 2 is 1.73 bits per heavy atom. The minimum atomic E-state index is 0.831. The van der Waals surface area contributed by atoms with E-state index >= 15 is 0 Å². The summed E-state index contributed by atoms with van der Waals surface area (Å²) in [6.07, 6.45) is 10.1. The number of piperidine rings is 1. The summed E-state index contributed by atoms with van der Waals surface area (Å²) in [5.74, 6) is 1.08. The molecule has 2 aliphatic heterocycles. The predicted molar refractivity (Wildman–Crippen MR) is 62.9 cm³/mol. The van der Waals surface area contributed by atoms with E-state index in [4.69, 9.17) is 0 Å². The lowest BCUT2D eigenvalue weighted by atomic mass is 9.98. The minimum absolute atomic E-state index is 0.831. The first-order valence-electron chi connectivity index (χ1n) is 6.78. The minimum Gasteiger partial charge on any atom is -0.314 e. The highest BCUT2D eigenvalue weighted by atomic mass is 15.2. The van der Waals surface area contributed by atoms with Crippen LogP contribution in [0.15, 0.2) is 0 Å². The Kier molecular flexibility index (Phi) is 2.73. The first kappa shape index (κ1) is 10.1. The van der Waals surface area contributed by atoms with Crippen molar-refractivity contribution < 1.29 is 0 Å². The highest BCUT2D eigenvalue weighted by Gasteiger charge is 2.38. The second-order valence-corrected chi connectivity index (χ2v) is 5.90. The molecule has 0 aromatic heterocycles. The third-order valence-electron chi connectivity index (χ3n) is 4.78. The molecule has 2 unspecified atom stereocenters. The molecule has 1 N–H and O–H groups in total. The summed E-state index contributed by atoms with van der Waals surface area (Å²) >= 11 is 0. The normalized spacial score (nSPS) is 41.0. The molecule has 0 radical (unpaired) electrons. The van der Waals surface area contributed by atoms with Crippen molar-refractivity contribution in [3.05, 3.63) is 0 Å². The van der Waals surface area contributed by atoms with Crippen LogP contribution in [0.25, 0.3) is 0 Å². The van der Waals surface area contributed by atoms with Crippen molar-refractivity contribution in [3.8, 4) is 0 Å². The largest absolute Gasteiger partial charge is 0.314 e. The van der Waals surface area contributed by atoms with Gasteiger partial charge in [-0.3, -0.25) is 0 Å². The molecular weight excluding hydrogens is 184 g/mol. The number of nitrogens with zero attached hydrogens (tertiary/aromatic N) is 1. The van der Waals surface area contributed by atoms with Crippen LogP contribution in [0, 0.1) is 5.92 Å². The average molecular weight is 208 g/mol. The zero-order chi connectivity index (χ0) is 10.3. The summed E-state index contributed by atoms with van der Waals surface area (Å²) < 4.78 is 0. The van der Waals surface area contributed by atoms with E-state index in [1.165, 1.54) is 51.5 Å². The lowest BCUT2D eigenvalue weighted by molar-refractivity contribution is 0.148. The molecule has 0 aromatic carbocycles. The van der Waals surface area contributed by atoms with Crippen LogP contribution in [-0.4, -0.2) is 36.6 Å². The average Bonchev–Trinajstić information content (AvgIpc) is 2.99. The van der Waals surface area contributed by atoms with Gasteiger partial charge in [-0.15, -0.1) is 0 Å². The SMILES string of the molecule is CN1C2CCC1CC(NCCC1CC1)C2. The van der Waals surface area contributed by atoms with Gasteiger partial charge in [0, 0.05) is 18.1 Å². The van der Waals surface area contributed by atoms with Crippen LogP contribution in [0.1, 0.15) is 44.9 Å². The zero-order valence-electron chi connectivity index (χ0n) is 9.91. The smallest absolute Gasteiger partial charge is 0.0111 e. The van der Waals surface area contributed by atoms with Crippen molar-refractivity contribution in [3.63, 3.8) is 0 Å². The highest BCUT2D eigenvalue weighted by Crippen LogP contribution is 2.35. The summed E-state index contributed by atoms with van der Waals surface area (Å²) in [5, 5.41) is 3.79. The monoisotopic (exact) mass is 208 g/mol. The lowest BCUT2D eigenvalue weighted by Crippen LogP contribution is -2.47. The van der Waals surface area contributed by atoms with Gasteiger partial charge in [-0.05, 0) is 51.6 Å². The second-order valence-electron chi connectivity index (χ2n) is 5.90. The fraction of sp³-hybridized carbons (Fsp3) is 1.00. The van der Waals surface area contributed by atoms with Gasteiger partial charge in [0.15, 0.2) is 0 Å². The van der Waals surface area contributed by atoms with Crippen LogP contribution >= 0.6 is 0 Å². The fourth-order valence-electron chi connectivity index (χ4n) is 3.48. The zero-order valence-corrected chi connectivity index (χ0v) is 9.91. The molecule has 0 spiro atoms. The number of fused-ring (bicyclic) bond motifs is 2. The Balaban J connectivity index is 1.43. The molecule has 0 aromatic rings. The molecule has 3 aliphatic rings. The Hall–Kier alpha value is -0.0800. The van der Waals surface area contributed by atoms with Gasteiger partial charge in [0.1, 0.15) is 0 Å². The van der Waals surface area contributed by atoms with Crippen molar-refractivity contribution in [2.24, 2.45) is 5.92 Å². The molecule has 86 valence electrons. The van der Waals surface area contributed by atoms with Crippen molar-refractivity contribution in [1.82, 2.24) is 10.2 Å². The van der Waals surface area contributed by atoms with Crippen molar-refractivity contribution in [2.75, 3.05) is 13.6 Å². The van der Waals surface area contributed by atoms with E-state index in [0.29, 0.717) is 0 Å². The topological polar surface area (TPSA) is 15.3 Å². The van der Waals surface area contributed by atoms with Gasteiger partial charge in [0.2, 0.25) is 0 Å². The maximum atomic E-state index is 3.79. The van der Waals surface area contributed by atoms with E-state index in [0.717, 1.165) is 24.0 Å². The Bertz CT molecular complexity index is 211. The molecule has 15 heavy (non-hydrogen) atoms. The number of nitrogens with one attached hydrogen (secondary N) is 1. The van der Waals surface area contributed by atoms with Gasteiger partial charge in [-0.25, -0.2) is 0 Å². The molecule has 0 amide bonds. The Morgan fingerprint density at radius 3 is 2.33 bits per heavy atom. The summed E-state index contributed by atoms with van der Waals surface area (Å²) in [4.78, 5) is 2.62. The van der Waals surface area contributed by atoms with E-state index in [2.05, 4.69) is 17.3 Å². The third kappa shape index (κ3) is 2.21. The number of hydrogen-bond acceptors (Lipinski definition) is 2. The van der Waals surface area contributed by atoms with E-state index in [-0.39, 0.29) is 0 Å². The van der Waals surface area contributed by atoms with Crippen molar-refractivity contribution >= 4 is 0 Å². The van der Waals surface area contributed by atoms with Gasteiger partial charge in [0.05, 0.1) is 0 Å². The predicted octanol–water partition coefficient (Wildman–Crippen LogP) is 2.00. The molecule has 2 atom stereocenters. The Morgan fingerprint density at radius 1 is 1.07 bits per heavy atom. The van der Waals surface area contributed by atoms with Crippen LogP contribution in [0.4, 0.5) is 0 Å². The first-order valence-corrected chi connectivity index (χ1v) is 6.78. The maximum Gasteiger partial charge on any atom is 0.0111 e. The quantitative estimate of drug-likeness (QED) is 0.760. The molecular formula is C13H24N2. The van der Waals surface area contributed by atoms with E-state index in [1.54, 1.807) is 0 Å². The van der Waals surface area contributed by atoms with Crippen molar-refractivity contribution in [1.29, 1.82) is 0 Å². The summed E-state index contributed by atoms with van der Waals surface area (Å²) in [5.41, 5.74) is 0. The molecule has 1 aliphatic carbocycles. The Labute approximate surface area is 93.4 Å². The summed E-state index contributed by atoms with van der Waals surface area (Å²) in [6.45, 7) is 1.28. The number of rotatable bonds is 4. The van der Waals surface area contributed by atoms with Crippen LogP contribution in [-0.2, 0) is 0 Å². The summed E-state index contributed by atoms with van der Waals surface area (Å²) in [6, 6.07) is 2.61. The van der Waals surface area contributed by atoms with Crippen LogP contribution in [0.5, 0.6) is 0 Å². The lowest BCUT2D eigenvalue weighted by Gasteiger charge is -2.36. The molecule has 2 heteroatoms. The van der Waals surface area contributed by atoms with Crippen LogP contribution in [0.2, 0.25) is 0 Å². The fourth-order valence-corrected chi connectivity index (χ4v) is 3.48. The van der Waals surface area contributed by atoms with Gasteiger partial charge >= 0.3 is 0 Å². The van der Waals surface area contributed by atoms with E-state index in [9.17, 15) is 0 Å². The van der Waals surface area contributed by atoms with Crippen molar-refractivity contribution in [2.45, 2.75) is 63.1 Å². The van der Waals surface area contributed by atoms with Gasteiger partial charge in [0.25, 0.3) is 0 Å². The molecule has 2 heterocycles. The van der Waals surface area contributed by atoms with Gasteiger partial charge in [-0.1, -0.05) is 12.8 Å². The maximum absolute atomic E-state index is 3.79. The van der Waals surface area contributed by atoms with Crippen LogP contribution < -0.4 is 5.32 Å². The van der Waals surface area contributed by atoms with E-state index in [1.807, 2.05) is 0 Å². The first-order chi connectivity index (χ1) is 7.33. The molecule has 2 saturated heterocycles. The third-order valence-corrected chi connectivity index (χ3v) is 4.78. The molecule has 2 nitrogen and oxygen atoms in total.